The van der Waals surface area contributed by atoms with Crippen LogP contribution in [0.2, 0.25) is 0 Å². The molecule has 0 saturated heterocycles. The molecule has 16 heteroatoms. The van der Waals surface area contributed by atoms with Crippen molar-refractivity contribution in [3.8, 4) is 0 Å². The van der Waals surface area contributed by atoms with Crippen molar-refractivity contribution in [2.45, 2.75) is 61.3 Å². The minimum Gasteiger partial charge on any atom is -0.465 e. The van der Waals surface area contributed by atoms with Gasteiger partial charge < -0.3 is 14.9 Å². The molecule has 0 radical (unpaired) electrons. The minimum absolute atomic E-state index is 0.607. The Balaban J connectivity index is 3.60. The van der Waals surface area contributed by atoms with Gasteiger partial charge >= 0.3 is 24.7 Å². The highest BCUT2D eigenvalue weighted by Gasteiger charge is 2.78. The molecule has 172 valence electrons. The molecule has 1 aliphatic rings. The van der Waals surface area contributed by atoms with E-state index in [1.807, 2.05) is 0 Å². The molecule has 0 spiro atoms. The van der Waals surface area contributed by atoms with Crippen molar-refractivity contribution in [1.29, 1.82) is 0 Å². The summed E-state index contributed by atoms with van der Waals surface area (Å²) in [6.45, 7) is -0.607. The van der Waals surface area contributed by atoms with Gasteiger partial charge in [-0.1, -0.05) is 0 Å². The van der Waals surface area contributed by atoms with Gasteiger partial charge in [0, 0.05) is 11.8 Å². The number of hydrogen-bond donors (Lipinski definition) is 2. The molecular formula is C13H12F12O4. The van der Waals surface area contributed by atoms with Crippen molar-refractivity contribution >= 4 is 6.47 Å². The van der Waals surface area contributed by atoms with Crippen molar-refractivity contribution in [3.05, 3.63) is 0 Å². The molecule has 0 bridgehead atoms. The Labute approximate surface area is 153 Å². The first-order valence-corrected chi connectivity index (χ1v) is 7.45. The highest BCUT2D eigenvalue weighted by molar-refractivity contribution is 5.37. The average molecular weight is 460 g/mol. The summed E-state index contributed by atoms with van der Waals surface area (Å²) in [6.07, 6.45) is -33.8. The van der Waals surface area contributed by atoms with E-state index in [-0.39, 0.29) is 0 Å². The van der Waals surface area contributed by atoms with Crippen molar-refractivity contribution < 1.29 is 72.4 Å². The zero-order valence-electron chi connectivity index (χ0n) is 13.7. The lowest BCUT2D eigenvalue weighted by Crippen LogP contribution is -2.67. The van der Waals surface area contributed by atoms with E-state index < -0.39 is 79.6 Å². The van der Waals surface area contributed by atoms with Crippen LogP contribution in [0.15, 0.2) is 0 Å². The van der Waals surface area contributed by atoms with Gasteiger partial charge in [-0.2, -0.15) is 52.7 Å². The number of halogens is 12. The Morgan fingerprint density at radius 1 is 0.621 bits per heavy atom. The second-order valence-electron chi connectivity index (χ2n) is 6.48. The lowest BCUT2D eigenvalue weighted by molar-refractivity contribution is -0.405. The lowest BCUT2D eigenvalue weighted by Gasteiger charge is -2.48. The predicted molar refractivity (Wildman–Crippen MR) is 65.9 cm³/mol. The molecule has 1 aliphatic carbocycles. The van der Waals surface area contributed by atoms with Crippen molar-refractivity contribution in [1.82, 2.24) is 0 Å². The van der Waals surface area contributed by atoms with Gasteiger partial charge in [-0.25, -0.2) is 0 Å². The van der Waals surface area contributed by atoms with E-state index >= 15 is 0 Å². The van der Waals surface area contributed by atoms with Crippen LogP contribution in [0.3, 0.4) is 0 Å². The number of carbonyl (C=O) groups is 1. The Hall–Kier alpha value is -1.45. The van der Waals surface area contributed by atoms with Crippen LogP contribution < -0.4 is 0 Å². The standard InChI is InChI=1S/C13H12F12O4/c14-10(15,16)8(27,11(17,18)19)5-1-6(3-7(2-5)29-4-26)9(28,12(20,21)22)13(23,24)25/h4-7,27-28H,1-3H2. The second-order valence-corrected chi connectivity index (χ2v) is 6.48. The Bertz CT molecular complexity index is 517. The molecule has 0 aromatic carbocycles. The number of ether oxygens (including phenoxy) is 1. The third-order valence-electron chi connectivity index (χ3n) is 4.82. The SMILES string of the molecule is O=COC1CC(C(O)(C(F)(F)F)C(F)(F)F)CC(C(O)(C(F)(F)F)C(F)(F)F)C1. The van der Waals surface area contributed by atoms with Crippen LogP contribution in [0.25, 0.3) is 0 Å². The van der Waals surface area contributed by atoms with Crippen LogP contribution in [0.1, 0.15) is 19.3 Å². The van der Waals surface area contributed by atoms with E-state index in [2.05, 4.69) is 4.74 Å². The first kappa shape index (κ1) is 25.6. The van der Waals surface area contributed by atoms with Crippen molar-refractivity contribution in [2.75, 3.05) is 0 Å². The van der Waals surface area contributed by atoms with Crippen LogP contribution in [0.4, 0.5) is 52.7 Å². The summed E-state index contributed by atoms with van der Waals surface area (Å²) in [5, 5.41) is 18.7. The van der Waals surface area contributed by atoms with E-state index in [0.717, 1.165) is 0 Å². The van der Waals surface area contributed by atoms with E-state index in [0.29, 0.717) is 0 Å². The molecule has 2 unspecified atom stereocenters. The van der Waals surface area contributed by atoms with Gasteiger partial charge in [0.2, 0.25) is 0 Å². The van der Waals surface area contributed by atoms with Crippen LogP contribution in [0.5, 0.6) is 0 Å². The quantitative estimate of drug-likeness (QED) is 0.497. The van der Waals surface area contributed by atoms with E-state index in [1.165, 1.54) is 0 Å². The highest BCUT2D eigenvalue weighted by atomic mass is 19.4. The third-order valence-corrected chi connectivity index (χ3v) is 4.82. The summed E-state index contributed by atoms with van der Waals surface area (Å²) < 4.78 is 160. The smallest absolute Gasteiger partial charge is 0.426 e. The van der Waals surface area contributed by atoms with E-state index in [9.17, 15) is 67.7 Å². The maximum absolute atomic E-state index is 13.0. The number of carbonyl (C=O) groups excluding carboxylic acids is 1. The van der Waals surface area contributed by atoms with Gasteiger partial charge in [-0.3, -0.25) is 4.79 Å². The fraction of sp³-hybridized carbons (Fsp3) is 0.923. The molecule has 0 aromatic rings. The topological polar surface area (TPSA) is 66.8 Å². The Kier molecular flexibility index (Phi) is 6.49. The highest BCUT2D eigenvalue weighted by Crippen LogP contribution is 2.57. The molecule has 0 heterocycles. The zero-order valence-corrected chi connectivity index (χ0v) is 13.7. The second kappa shape index (κ2) is 7.35. The van der Waals surface area contributed by atoms with Gasteiger partial charge in [0.15, 0.2) is 0 Å². The Morgan fingerprint density at radius 3 is 1.10 bits per heavy atom. The first-order chi connectivity index (χ1) is 12.6. The summed E-state index contributed by atoms with van der Waals surface area (Å²) in [5.74, 6) is -6.69. The van der Waals surface area contributed by atoms with E-state index in [4.69, 9.17) is 0 Å². The molecule has 1 rings (SSSR count). The number of rotatable bonds is 4. The van der Waals surface area contributed by atoms with Gasteiger partial charge in [0.25, 0.3) is 17.7 Å². The van der Waals surface area contributed by atoms with Gasteiger partial charge in [0.1, 0.15) is 6.10 Å². The largest absolute Gasteiger partial charge is 0.465 e. The fourth-order valence-corrected chi connectivity index (χ4v) is 3.39. The molecule has 0 aromatic heterocycles. The van der Waals surface area contributed by atoms with Crippen LogP contribution in [-0.2, 0) is 9.53 Å². The van der Waals surface area contributed by atoms with Gasteiger partial charge in [0.05, 0.1) is 0 Å². The molecule has 2 atom stereocenters. The maximum atomic E-state index is 13.0. The molecule has 1 fully saturated rings. The molecule has 0 amide bonds. The molecular weight excluding hydrogens is 448 g/mol. The predicted octanol–water partition coefficient (Wildman–Crippen LogP) is 3.66. The summed E-state index contributed by atoms with van der Waals surface area (Å²) in [4.78, 5) is 10.3. The zero-order chi connectivity index (χ0) is 23.3. The molecule has 0 aliphatic heterocycles. The summed E-state index contributed by atoms with van der Waals surface area (Å²) in [5.41, 5.74) is -11.4. The Morgan fingerprint density at radius 2 is 0.897 bits per heavy atom. The summed E-state index contributed by atoms with van der Waals surface area (Å²) >= 11 is 0. The normalized spacial score (nSPS) is 25.7. The molecule has 1 saturated carbocycles. The number of hydrogen-bond acceptors (Lipinski definition) is 4. The maximum Gasteiger partial charge on any atom is 0.426 e. The monoisotopic (exact) mass is 460 g/mol. The minimum atomic E-state index is -6.56. The molecule has 2 N–H and O–H groups in total. The summed E-state index contributed by atoms with van der Waals surface area (Å²) in [6, 6.07) is 0. The van der Waals surface area contributed by atoms with Crippen molar-refractivity contribution in [3.63, 3.8) is 0 Å². The molecule has 29 heavy (non-hydrogen) atoms. The number of alkyl halides is 12. The average Bonchev–Trinajstić information content (AvgIpc) is 2.48. The first-order valence-electron chi connectivity index (χ1n) is 7.45. The van der Waals surface area contributed by atoms with Crippen LogP contribution >= 0.6 is 0 Å². The molecule has 4 nitrogen and oxygen atoms in total. The van der Waals surface area contributed by atoms with Gasteiger partial charge in [-0.15, -0.1) is 0 Å². The fourth-order valence-electron chi connectivity index (χ4n) is 3.39. The lowest BCUT2D eigenvalue weighted by atomic mass is 9.65. The van der Waals surface area contributed by atoms with E-state index in [1.54, 1.807) is 0 Å². The number of aliphatic hydroxyl groups is 2. The summed E-state index contributed by atoms with van der Waals surface area (Å²) in [7, 11) is 0. The van der Waals surface area contributed by atoms with Crippen LogP contribution in [-0.4, -0.2) is 58.7 Å². The van der Waals surface area contributed by atoms with Gasteiger partial charge in [-0.05, 0) is 19.3 Å². The van der Waals surface area contributed by atoms with Crippen LogP contribution in [0, 0.1) is 11.8 Å². The van der Waals surface area contributed by atoms with Crippen molar-refractivity contribution in [2.24, 2.45) is 11.8 Å². The third kappa shape index (κ3) is 4.22.